The molecule has 0 radical (unpaired) electrons. The first-order chi connectivity index (χ1) is 9.16. The number of nitriles is 1. The van der Waals surface area contributed by atoms with Gasteiger partial charge in [0.2, 0.25) is 5.91 Å². The van der Waals surface area contributed by atoms with Crippen molar-refractivity contribution in [3.05, 3.63) is 29.3 Å². The predicted octanol–water partition coefficient (Wildman–Crippen LogP) is 2.50. The Balaban J connectivity index is 3.13. The topological polar surface area (TPSA) is 78.9 Å². The quantitative estimate of drug-likeness (QED) is 0.895. The minimum absolute atomic E-state index is 0.136. The number of hydrogen-bond donors (Lipinski definition) is 2. The molecule has 0 unspecified atom stereocenters. The molecule has 0 aliphatic carbocycles. The van der Waals surface area contributed by atoms with Gasteiger partial charge >= 0.3 is 6.18 Å². The van der Waals surface area contributed by atoms with Crippen LogP contribution >= 0.6 is 0 Å². The van der Waals surface area contributed by atoms with Crippen molar-refractivity contribution in [2.75, 3.05) is 5.32 Å². The van der Waals surface area contributed by atoms with Crippen LogP contribution in [-0.4, -0.2) is 11.9 Å². The number of nitrogens with zero attached hydrogens (tertiary/aromatic N) is 1. The van der Waals surface area contributed by atoms with E-state index in [-0.39, 0.29) is 11.5 Å². The Morgan fingerprint density at radius 1 is 1.40 bits per heavy atom. The number of halogens is 3. The summed E-state index contributed by atoms with van der Waals surface area (Å²) in [5, 5.41) is 10.8. The van der Waals surface area contributed by atoms with Crippen LogP contribution in [-0.2, 0) is 11.0 Å². The third kappa shape index (κ3) is 3.71. The number of nitrogens with one attached hydrogen (secondary N) is 1. The maximum Gasteiger partial charge on any atom is 0.418 e. The normalized spacial score (nSPS) is 12.9. The van der Waals surface area contributed by atoms with Crippen molar-refractivity contribution < 1.29 is 18.0 Å². The standard InChI is InChI=1S/C13H14F3N3O/c1-7(2)11(18)12(20)19-10-4-3-8(6-17)5-9(10)13(14,15)16/h3-5,7,11H,18H2,1-2H3,(H,19,20)/t11-/m0/s1. The highest BCUT2D eigenvalue weighted by Crippen LogP contribution is 2.35. The number of benzene rings is 1. The Morgan fingerprint density at radius 3 is 2.45 bits per heavy atom. The van der Waals surface area contributed by atoms with Gasteiger partial charge in [-0.05, 0) is 24.1 Å². The SMILES string of the molecule is CC(C)[C@H](N)C(=O)Nc1ccc(C#N)cc1C(F)(F)F. The van der Waals surface area contributed by atoms with E-state index in [0.29, 0.717) is 6.07 Å². The van der Waals surface area contributed by atoms with E-state index in [0.717, 1.165) is 6.07 Å². The third-order valence-electron chi connectivity index (χ3n) is 2.73. The number of alkyl halides is 3. The van der Waals surface area contributed by atoms with Gasteiger partial charge in [0, 0.05) is 0 Å². The van der Waals surface area contributed by atoms with Gasteiger partial charge in [-0.2, -0.15) is 18.4 Å². The highest BCUT2D eigenvalue weighted by atomic mass is 19.4. The molecule has 1 atom stereocenters. The lowest BCUT2D eigenvalue weighted by molar-refractivity contribution is -0.137. The summed E-state index contributed by atoms with van der Waals surface area (Å²) in [6.07, 6.45) is -4.67. The van der Waals surface area contributed by atoms with Crippen molar-refractivity contribution in [1.82, 2.24) is 0 Å². The van der Waals surface area contributed by atoms with Crippen LogP contribution in [0.4, 0.5) is 18.9 Å². The molecule has 0 saturated carbocycles. The van der Waals surface area contributed by atoms with Gasteiger partial charge in [-0.1, -0.05) is 13.8 Å². The zero-order valence-electron chi connectivity index (χ0n) is 11.0. The van der Waals surface area contributed by atoms with Crippen LogP contribution in [0.1, 0.15) is 25.0 Å². The maximum atomic E-state index is 12.9. The molecule has 20 heavy (non-hydrogen) atoms. The van der Waals surface area contributed by atoms with Gasteiger partial charge in [0.05, 0.1) is 28.9 Å². The van der Waals surface area contributed by atoms with E-state index in [9.17, 15) is 18.0 Å². The smallest absolute Gasteiger partial charge is 0.324 e. The molecule has 1 aromatic carbocycles. The van der Waals surface area contributed by atoms with Gasteiger partial charge in [-0.25, -0.2) is 0 Å². The third-order valence-corrected chi connectivity index (χ3v) is 2.73. The maximum absolute atomic E-state index is 12.9. The number of amides is 1. The first-order valence-corrected chi connectivity index (χ1v) is 5.84. The predicted molar refractivity (Wildman–Crippen MR) is 67.6 cm³/mol. The highest BCUT2D eigenvalue weighted by molar-refractivity contribution is 5.95. The average Bonchev–Trinajstić information content (AvgIpc) is 2.36. The Labute approximate surface area is 114 Å². The summed E-state index contributed by atoms with van der Waals surface area (Å²) in [7, 11) is 0. The van der Waals surface area contributed by atoms with Gasteiger partial charge in [0.15, 0.2) is 0 Å². The van der Waals surface area contributed by atoms with E-state index in [1.54, 1.807) is 19.9 Å². The molecule has 1 rings (SSSR count). The second-order valence-corrected chi connectivity index (χ2v) is 4.63. The van der Waals surface area contributed by atoms with E-state index in [2.05, 4.69) is 5.32 Å². The van der Waals surface area contributed by atoms with E-state index in [4.69, 9.17) is 11.0 Å². The van der Waals surface area contributed by atoms with Crippen LogP contribution < -0.4 is 11.1 Å². The van der Waals surface area contributed by atoms with Crippen molar-refractivity contribution in [2.45, 2.75) is 26.1 Å². The molecule has 7 heteroatoms. The fraction of sp³-hybridized carbons (Fsp3) is 0.385. The lowest BCUT2D eigenvalue weighted by atomic mass is 10.0. The van der Waals surface area contributed by atoms with Crippen LogP contribution in [0.3, 0.4) is 0 Å². The van der Waals surface area contributed by atoms with Crippen LogP contribution in [0.2, 0.25) is 0 Å². The van der Waals surface area contributed by atoms with Gasteiger partial charge in [0.25, 0.3) is 0 Å². The Bertz CT molecular complexity index is 547. The molecule has 0 aliphatic rings. The van der Waals surface area contributed by atoms with Crippen LogP contribution in [0.15, 0.2) is 18.2 Å². The van der Waals surface area contributed by atoms with Gasteiger partial charge in [-0.3, -0.25) is 4.79 Å². The number of carbonyl (C=O) groups is 1. The van der Waals surface area contributed by atoms with Crippen LogP contribution in [0.25, 0.3) is 0 Å². The van der Waals surface area contributed by atoms with Crippen molar-refractivity contribution in [1.29, 1.82) is 5.26 Å². The van der Waals surface area contributed by atoms with Crippen molar-refractivity contribution in [2.24, 2.45) is 11.7 Å². The van der Waals surface area contributed by atoms with Gasteiger partial charge in [0.1, 0.15) is 0 Å². The van der Waals surface area contributed by atoms with E-state index >= 15 is 0 Å². The molecule has 0 aliphatic heterocycles. The fourth-order valence-electron chi connectivity index (χ4n) is 1.48. The second-order valence-electron chi connectivity index (χ2n) is 4.63. The monoisotopic (exact) mass is 285 g/mol. The average molecular weight is 285 g/mol. The molecule has 0 aromatic heterocycles. The summed E-state index contributed by atoms with van der Waals surface area (Å²) in [5.41, 5.74) is 3.97. The fourth-order valence-corrected chi connectivity index (χ4v) is 1.48. The van der Waals surface area contributed by atoms with Crippen molar-refractivity contribution in [3.8, 4) is 6.07 Å². The molecular formula is C13H14F3N3O. The Hall–Kier alpha value is -2.07. The molecule has 1 amide bonds. The summed E-state index contributed by atoms with van der Waals surface area (Å²) in [6.45, 7) is 3.38. The minimum atomic E-state index is -4.67. The molecule has 3 N–H and O–H groups in total. The molecule has 0 saturated heterocycles. The number of hydrogen-bond acceptors (Lipinski definition) is 3. The number of carbonyl (C=O) groups excluding carboxylic acids is 1. The van der Waals surface area contributed by atoms with Crippen LogP contribution in [0, 0.1) is 17.2 Å². The molecule has 0 fully saturated rings. The first-order valence-electron chi connectivity index (χ1n) is 5.84. The largest absolute Gasteiger partial charge is 0.418 e. The van der Waals surface area contributed by atoms with Crippen LogP contribution in [0.5, 0.6) is 0 Å². The zero-order valence-corrected chi connectivity index (χ0v) is 11.0. The zero-order chi connectivity index (χ0) is 15.5. The number of nitrogens with two attached hydrogens (primary N) is 1. The number of rotatable bonds is 3. The molecule has 4 nitrogen and oxygen atoms in total. The molecule has 0 heterocycles. The minimum Gasteiger partial charge on any atom is -0.324 e. The Morgan fingerprint density at radius 2 is 2.00 bits per heavy atom. The van der Waals surface area contributed by atoms with Gasteiger partial charge < -0.3 is 11.1 Å². The molecule has 1 aromatic rings. The molecule has 0 bridgehead atoms. The summed E-state index contributed by atoms with van der Waals surface area (Å²) >= 11 is 0. The van der Waals surface area contributed by atoms with Gasteiger partial charge in [-0.15, -0.1) is 0 Å². The molecule has 108 valence electrons. The molecular weight excluding hydrogens is 271 g/mol. The summed E-state index contributed by atoms with van der Waals surface area (Å²) in [5.74, 6) is -0.905. The van der Waals surface area contributed by atoms with Crippen molar-refractivity contribution in [3.63, 3.8) is 0 Å². The first kappa shape index (κ1) is 16.0. The highest BCUT2D eigenvalue weighted by Gasteiger charge is 2.34. The Kier molecular flexibility index (Phi) is 4.73. The summed E-state index contributed by atoms with van der Waals surface area (Å²) < 4.78 is 38.6. The van der Waals surface area contributed by atoms with E-state index in [1.807, 2.05) is 0 Å². The summed E-state index contributed by atoms with van der Waals surface area (Å²) in [6, 6.07) is 3.65. The van der Waals surface area contributed by atoms with E-state index in [1.165, 1.54) is 6.07 Å². The van der Waals surface area contributed by atoms with E-state index < -0.39 is 29.4 Å². The lowest BCUT2D eigenvalue weighted by Crippen LogP contribution is -2.40. The lowest BCUT2D eigenvalue weighted by Gasteiger charge is -2.18. The summed E-state index contributed by atoms with van der Waals surface area (Å²) in [4.78, 5) is 11.7. The van der Waals surface area contributed by atoms with Crippen molar-refractivity contribution >= 4 is 11.6 Å². The number of anilines is 1. The molecule has 0 spiro atoms. The second kappa shape index (κ2) is 5.92.